The van der Waals surface area contributed by atoms with E-state index in [-0.39, 0.29) is 24.4 Å². The average molecular weight is 262 g/mol. The van der Waals surface area contributed by atoms with Crippen LogP contribution in [0.5, 0.6) is 0 Å². The molecule has 0 radical (unpaired) electrons. The Labute approximate surface area is 108 Å². The highest BCUT2D eigenvalue weighted by Gasteiger charge is 2.09. The largest absolute Gasteiger partial charge is 0.361 e. The lowest BCUT2D eigenvalue weighted by atomic mass is 10.1. The lowest BCUT2D eigenvalue weighted by Crippen LogP contribution is -2.31. The molecule has 5 nitrogen and oxygen atoms in total. The number of amides is 1. The third kappa shape index (κ3) is 5.19. The molecule has 0 aromatic carbocycles. The van der Waals surface area contributed by atoms with E-state index < -0.39 is 0 Å². The van der Waals surface area contributed by atoms with Gasteiger partial charge in [0.25, 0.3) is 0 Å². The van der Waals surface area contributed by atoms with Crippen molar-refractivity contribution in [1.29, 1.82) is 0 Å². The number of nitrogens with two attached hydrogens (primary N) is 1. The minimum atomic E-state index is -0.0981. The first-order chi connectivity index (χ1) is 7.50. The van der Waals surface area contributed by atoms with Crippen molar-refractivity contribution in [2.45, 2.75) is 39.7 Å². The van der Waals surface area contributed by atoms with E-state index in [1.54, 1.807) is 0 Å². The summed E-state index contributed by atoms with van der Waals surface area (Å²) in [6, 6.07) is -0.0981. The number of carbonyl (C=O) groups excluding carboxylic acids is 1. The van der Waals surface area contributed by atoms with Gasteiger partial charge in [0.1, 0.15) is 5.76 Å². The van der Waals surface area contributed by atoms with Crippen LogP contribution in [-0.2, 0) is 11.2 Å². The van der Waals surface area contributed by atoms with Crippen LogP contribution in [0.4, 0.5) is 0 Å². The Hall–Kier alpha value is -1.07. The van der Waals surface area contributed by atoms with Gasteiger partial charge in [-0.25, -0.2) is 0 Å². The minimum absolute atomic E-state index is 0. The molecule has 1 aromatic rings. The van der Waals surface area contributed by atoms with Gasteiger partial charge in [0.05, 0.1) is 5.69 Å². The van der Waals surface area contributed by atoms with Crippen LogP contribution in [0.2, 0.25) is 0 Å². The van der Waals surface area contributed by atoms with Crippen molar-refractivity contribution in [3.05, 3.63) is 17.0 Å². The summed E-state index contributed by atoms with van der Waals surface area (Å²) in [7, 11) is 0. The number of aryl methyl sites for hydroxylation is 2. The lowest BCUT2D eigenvalue weighted by Gasteiger charge is -2.06. The topological polar surface area (TPSA) is 81.2 Å². The summed E-state index contributed by atoms with van der Waals surface area (Å²) in [6.45, 7) is 6.18. The second kappa shape index (κ2) is 7.29. The van der Waals surface area contributed by atoms with Crippen molar-refractivity contribution in [3.63, 3.8) is 0 Å². The molecule has 1 aromatic heterocycles. The smallest absolute Gasteiger partial charge is 0.221 e. The van der Waals surface area contributed by atoms with Gasteiger partial charge in [-0.2, -0.15) is 0 Å². The summed E-state index contributed by atoms with van der Waals surface area (Å²) in [5.41, 5.74) is 7.48. The van der Waals surface area contributed by atoms with Crippen LogP contribution in [0, 0.1) is 13.8 Å². The maximum Gasteiger partial charge on any atom is 0.221 e. The highest BCUT2D eigenvalue weighted by molar-refractivity contribution is 5.85. The summed E-state index contributed by atoms with van der Waals surface area (Å²) in [5.74, 6) is 0.806. The zero-order valence-corrected chi connectivity index (χ0v) is 11.3. The van der Waals surface area contributed by atoms with E-state index in [4.69, 9.17) is 10.3 Å². The predicted molar refractivity (Wildman–Crippen MR) is 68.2 cm³/mol. The van der Waals surface area contributed by atoms with E-state index in [9.17, 15) is 4.79 Å². The highest BCUT2D eigenvalue weighted by Crippen LogP contribution is 2.11. The summed E-state index contributed by atoms with van der Waals surface area (Å²) in [4.78, 5) is 11.3. The van der Waals surface area contributed by atoms with Gasteiger partial charge in [0.15, 0.2) is 0 Å². The minimum Gasteiger partial charge on any atom is -0.361 e. The molecule has 98 valence electrons. The monoisotopic (exact) mass is 261 g/mol. The lowest BCUT2D eigenvalue weighted by molar-refractivity contribution is -0.121. The number of carbonyl (C=O) groups is 1. The van der Waals surface area contributed by atoms with Gasteiger partial charge in [-0.05, 0) is 27.2 Å². The van der Waals surface area contributed by atoms with Gasteiger partial charge in [0, 0.05) is 24.6 Å². The zero-order valence-electron chi connectivity index (χ0n) is 10.4. The quantitative estimate of drug-likeness (QED) is 0.832. The Morgan fingerprint density at radius 3 is 2.65 bits per heavy atom. The Kier molecular flexibility index (Phi) is 6.83. The van der Waals surface area contributed by atoms with E-state index in [1.807, 2.05) is 20.8 Å². The van der Waals surface area contributed by atoms with E-state index in [1.165, 1.54) is 0 Å². The standard InChI is InChI=1S/C11H19N3O2.ClH/c1-7(12)6-11(15)13-5-4-10-8(2)14-16-9(10)3;/h7H,4-6,12H2,1-3H3,(H,13,15);1H. The van der Waals surface area contributed by atoms with E-state index in [0.717, 1.165) is 23.4 Å². The Morgan fingerprint density at radius 2 is 2.18 bits per heavy atom. The van der Waals surface area contributed by atoms with Gasteiger partial charge in [-0.1, -0.05) is 5.16 Å². The molecular weight excluding hydrogens is 242 g/mol. The van der Waals surface area contributed by atoms with Crippen molar-refractivity contribution in [2.75, 3.05) is 6.54 Å². The molecule has 1 atom stereocenters. The van der Waals surface area contributed by atoms with Crippen LogP contribution in [0.3, 0.4) is 0 Å². The molecule has 1 heterocycles. The summed E-state index contributed by atoms with van der Waals surface area (Å²) in [5, 5.41) is 6.67. The first-order valence-corrected chi connectivity index (χ1v) is 5.44. The predicted octanol–water partition coefficient (Wildman–Crippen LogP) is 1.11. The van der Waals surface area contributed by atoms with Crippen molar-refractivity contribution in [3.8, 4) is 0 Å². The first-order valence-electron chi connectivity index (χ1n) is 5.44. The molecule has 0 aliphatic rings. The Morgan fingerprint density at radius 1 is 1.53 bits per heavy atom. The average Bonchev–Trinajstić information content (AvgIpc) is 2.47. The molecule has 6 heteroatoms. The molecule has 1 rings (SSSR count). The number of nitrogens with one attached hydrogen (secondary N) is 1. The molecule has 0 saturated carbocycles. The third-order valence-electron chi connectivity index (χ3n) is 2.39. The molecule has 0 saturated heterocycles. The second-order valence-electron chi connectivity index (χ2n) is 4.08. The normalized spacial score (nSPS) is 11.8. The van der Waals surface area contributed by atoms with Crippen molar-refractivity contribution in [1.82, 2.24) is 10.5 Å². The molecule has 0 aliphatic heterocycles. The van der Waals surface area contributed by atoms with E-state index in [0.29, 0.717) is 13.0 Å². The van der Waals surface area contributed by atoms with Gasteiger partial charge >= 0.3 is 0 Å². The maximum atomic E-state index is 11.3. The Balaban J connectivity index is 0.00000256. The molecule has 0 aliphatic carbocycles. The number of hydrogen-bond acceptors (Lipinski definition) is 4. The van der Waals surface area contributed by atoms with Crippen LogP contribution >= 0.6 is 12.4 Å². The number of halogens is 1. The fourth-order valence-corrected chi connectivity index (χ4v) is 1.55. The SMILES string of the molecule is Cc1noc(C)c1CCNC(=O)CC(C)N.Cl. The molecule has 1 unspecified atom stereocenters. The van der Waals surface area contributed by atoms with Crippen LogP contribution in [-0.4, -0.2) is 23.7 Å². The summed E-state index contributed by atoms with van der Waals surface area (Å²) in [6.07, 6.45) is 1.10. The molecule has 0 fully saturated rings. The van der Waals surface area contributed by atoms with Crippen LogP contribution < -0.4 is 11.1 Å². The second-order valence-corrected chi connectivity index (χ2v) is 4.08. The van der Waals surface area contributed by atoms with Gasteiger partial charge in [-0.3, -0.25) is 4.79 Å². The molecule has 0 bridgehead atoms. The van der Waals surface area contributed by atoms with Crippen LogP contribution in [0.25, 0.3) is 0 Å². The molecule has 0 spiro atoms. The van der Waals surface area contributed by atoms with Crippen molar-refractivity contribution < 1.29 is 9.32 Å². The van der Waals surface area contributed by atoms with Crippen LogP contribution in [0.1, 0.15) is 30.4 Å². The molecule has 3 N–H and O–H groups in total. The Bertz CT molecular complexity index is 344. The highest BCUT2D eigenvalue weighted by atomic mass is 35.5. The first kappa shape index (κ1) is 15.9. The fourth-order valence-electron chi connectivity index (χ4n) is 1.55. The van der Waals surface area contributed by atoms with Crippen molar-refractivity contribution >= 4 is 18.3 Å². The summed E-state index contributed by atoms with van der Waals surface area (Å²) < 4.78 is 5.03. The number of nitrogens with zero attached hydrogens (tertiary/aromatic N) is 1. The van der Waals surface area contributed by atoms with E-state index in [2.05, 4.69) is 10.5 Å². The number of rotatable bonds is 5. The van der Waals surface area contributed by atoms with E-state index >= 15 is 0 Å². The summed E-state index contributed by atoms with van der Waals surface area (Å²) >= 11 is 0. The number of aromatic nitrogens is 1. The van der Waals surface area contributed by atoms with Gasteiger partial charge in [-0.15, -0.1) is 12.4 Å². The zero-order chi connectivity index (χ0) is 12.1. The molecule has 17 heavy (non-hydrogen) atoms. The molecule has 1 amide bonds. The van der Waals surface area contributed by atoms with Crippen LogP contribution in [0.15, 0.2) is 4.52 Å². The number of hydrogen-bond donors (Lipinski definition) is 2. The third-order valence-corrected chi connectivity index (χ3v) is 2.39. The molecular formula is C11H20ClN3O2. The van der Waals surface area contributed by atoms with Crippen molar-refractivity contribution in [2.24, 2.45) is 5.73 Å². The van der Waals surface area contributed by atoms with Gasteiger partial charge in [0.2, 0.25) is 5.91 Å². The van der Waals surface area contributed by atoms with Gasteiger partial charge < -0.3 is 15.6 Å². The fraction of sp³-hybridized carbons (Fsp3) is 0.636. The maximum absolute atomic E-state index is 11.3.